The number of guanidine groups is 1. The highest BCUT2D eigenvalue weighted by molar-refractivity contribution is 7.88. The Balaban J connectivity index is 1.70. The average molecular weight is 413 g/mol. The number of nitrogens with zero attached hydrogens (tertiary/aromatic N) is 3. The minimum Gasteiger partial charge on any atom is -0.497 e. The van der Waals surface area contributed by atoms with E-state index in [0.717, 1.165) is 36.8 Å². The molecule has 0 unspecified atom stereocenters. The zero-order chi connectivity index (χ0) is 20.6. The fraction of sp³-hybridized carbons (Fsp3) is 0.632. The van der Waals surface area contributed by atoms with Crippen LogP contribution >= 0.6 is 0 Å². The first-order valence-corrected chi connectivity index (χ1v) is 11.3. The van der Waals surface area contributed by atoms with Crippen molar-refractivity contribution in [3.63, 3.8) is 0 Å². The third-order valence-electron chi connectivity index (χ3n) is 4.92. The summed E-state index contributed by atoms with van der Waals surface area (Å²) in [5.41, 5.74) is 0. The van der Waals surface area contributed by atoms with E-state index in [1.165, 1.54) is 6.26 Å². The molecule has 0 aliphatic carbocycles. The van der Waals surface area contributed by atoms with Gasteiger partial charge >= 0.3 is 0 Å². The SMILES string of the molecule is CN=C(NCC1CCN(S(C)(=O)=O)CC1)N(C)CCOc1ccc(OC)cc1. The van der Waals surface area contributed by atoms with E-state index in [0.29, 0.717) is 32.2 Å². The van der Waals surface area contributed by atoms with Gasteiger partial charge in [-0.15, -0.1) is 0 Å². The quantitative estimate of drug-likeness (QED) is 0.511. The van der Waals surface area contributed by atoms with Crippen LogP contribution in [0.2, 0.25) is 0 Å². The minimum absolute atomic E-state index is 0.443. The molecule has 0 aromatic heterocycles. The Labute approximate surface area is 168 Å². The summed E-state index contributed by atoms with van der Waals surface area (Å²) in [6.45, 7) is 3.20. The highest BCUT2D eigenvalue weighted by atomic mass is 32.2. The number of aliphatic imine (C=N–C) groups is 1. The highest BCUT2D eigenvalue weighted by Crippen LogP contribution is 2.18. The van der Waals surface area contributed by atoms with Crippen LogP contribution in [-0.4, -0.2) is 83.8 Å². The molecule has 0 atom stereocenters. The maximum atomic E-state index is 11.6. The van der Waals surface area contributed by atoms with Gasteiger partial charge in [0.1, 0.15) is 18.1 Å². The first-order valence-electron chi connectivity index (χ1n) is 9.47. The molecule has 0 amide bonds. The summed E-state index contributed by atoms with van der Waals surface area (Å²) in [5.74, 6) is 2.86. The number of ether oxygens (including phenoxy) is 2. The number of piperidine rings is 1. The molecule has 0 bridgehead atoms. The number of hydrogen-bond donors (Lipinski definition) is 1. The molecular weight excluding hydrogens is 380 g/mol. The first-order chi connectivity index (χ1) is 13.3. The summed E-state index contributed by atoms with van der Waals surface area (Å²) in [6, 6.07) is 7.51. The van der Waals surface area contributed by atoms with E-state index in [9.17, 15) is 8.42 Å². The molecule has 28 heavy (non-hydrogen) atoms. The lowest BCUT2D eigenvalue weighted by Gasteiger charge is -2.31. The van der Waals surface area contributed by atoms with Crippen molar-refractivity contribution in [2.45, 2.75) is 12.8 Å². The predicted molar refractivity (Wildman–Crippen MR) is 112 cm³/mol. The van der Waals surface area contributed by atoms with Gasteiger partial charge in [0.05, 0.1) is 19.9 Å². The summed E-state index contributed by atoms with van der Waals surface area (Å²) >= 11 is 0. The van der Waals surface area contributed by atoms with Gasteiger partial charge in [-0.05, 0) is 43.0 Å². The van der Waals surface area contributed by atoms with Crippen molar-refractivity contribution >= 4 is 16.0 Å². The standard InChI is InChI=1S/C19H32N4O4S/c1-20-19(21-15-16-9-11-23(12-10-16)28(4,24)25)22(2)13-14-27-18-7-5-17(26-3)6-8-18/h5-8,16H,9-15H2,1-4H3,(H,20,21). The average Bonchev–Trinajstić information content (AvgIpc) is 2.68. The maximum absolute atomic E-state index is 11.6. The van der Waals surface area contributed by atoms with Crippen LogP contribution in [0.5, 0.6) is 11.5 Å². The second-order valence-corrected chi connectivity index (χ2v) is 8.96. The van der Waals surface area contributed by atoms with Gasteiger partial charge in [0.25, 0.3) is 0 Å². The Morgan fingerprint density at radius 2 is 1.86 bits per heavy atom. The predicted octanol–water partition coefficient (Wildman–Crippen LogP) is 1.25. The van der Waals surface area contributed by atoms with Crippen LogP contribution in [0.15, 0.2) is 29.3 Å². The van der Waals surface area contributed by atoms with Gasteiger partial charge in [0, 0.05) is 33.7 Å². The van der Waals surface area contributed by atoms with E-state index in [1.54, 1.807) is 18.5 Å². The van der Waals surface area contributed by atoms with Crippen molar-refractivity contribution in [2.75, 3.05) is 60.2 Å². The lowest BCUT2D eigenvalue weighted by molar-refractivity contribution is 0.267. The molecular formula is C19H32N4O4S. The lowest BCUT2D eigenvalue weighted by atomic mass is 9.98. The molecule has 1 N–H and O–H groups in total. The lowest BCUT2D eigenvalue weighted by Crippen LogP contribution is -2.45. The summed E-state index contributed by atoms with van der Waals surface area (Å²) in [5, 5.41) is 3.39. The molecule has 1 aromatic rings. The fourth-order valence-corrected chi connectivity index (χ4v) is 4.02. The van der Waals surface area contributed by atoms with E-state index in [-0.39, 0.29) is 0 Å². The van der Waals surface area contributed by atoms with Crippen LogP contribution in [-0.2, 0) is 10.0 Å². The number of methoxy groups -OCH3 is 1. The summed E-state index contributed by atoms with van der Waals surface area (Å²) in [6.07, 6.45) is 3.00. The topological polar surface area (TPSA) is 83.5 Å². The Morgan fingerprint density at radius 1 is 1.25 bits per heavy atom. The van der Waals surface area contributed by atoms with Crippen LogP contribution in [0.25, 0.3) is 0 Å². The summed E-state index contributed by atoms with van der Waals surface area (Å²) < 4.78 is 35.7. The molecule has 158 valence electrons. The molecule has 1 fully saturated rings. The van der Waals surface area contributed by atoms with Crippen molar-refractivity contribution in [1.29, 1.82) is 0 Å². The van der Waals surface area contributed by atoms with Crippen molar-refractivity contribution in [3.8, 4) is 11.5 Å². The van der Waals surface area contributed by atoms with Crippen molar-refractivity contribution < 1.29 is 17.9 Å². The van der Waals surface area contributed by atoms with Crippen molar-refractivity contribution in [3.05, 3.63) is 24.3 Å². The second kappa shape index (κ2) is 10.5. The molecule has 0 spiro atoms. The molecule has 1 aliphatic rings. The second-order valence-electron chi connectivity index (χ2n) is 6.98. The van der Waals surface area contributed by atoms with Gasteiger partial charge in [0.15, 0.2) is 5.96 Å². The maximum Gasteiger partial charge on any atom is 0.211 e. The van der Waals surface area contributed by atoms with E-state index >= 15 is 0 Å². The van der Waals surface area contributed by atoms with Gasteiger partial charge in [-0.3, -0.25) is 4.99 Å². The Bertz CT molecular complexity index is 729. The van der Waals surface area contributed by atoms with Gasteiger partial charge in [0.2, 0.25) is 10.0 Å². The van der Waals surface area contributed by atoms with Gasteiger partial charge in [-0.25, -0.2) is 12.7 Å². The van der Waals surface area contributed by atoms with Crippen LogP contribution < -0.4 is 14.8 Å². The third kappa shape index (κ3) is 6.87. The highest BCUT2D eigenvalue weighted by Gasteiger charge is 2.25. The van der Waals surface area contributed by atoms with E-state index < -0.39 is 10.0 Å². The molecule has 9 heteroatoms. The third-order valence-corrected chi connectivity index (χ3v) is 6.22. The molecule has 0 saturated carbocycles. The van der Waals surface area contributed by atoms with Crippen LogP contribution in [0.4, 0.5) is 0 Å². The number of benzene rings is 1. The zero-order valence-corrected chi connectivity index (χ0v) is 18.0. The Hall–Kier alpha value is -2.00. The zero-order valence-electron chi connectivity index (χ0n) is 17.2. The van der Waals surface area contributed by atoms with Crippen LogP contribution in [0.1, 0.15) is 12.8 Å². The van der Waals surface area contributed by atoms with Crippen LogP contribution in [0, 0.1) is 5.92 Å². The number of hydrogen-bond acceptors (Lipinski definition) is 5. The smallest absolute Gasteiger partial charge is 0.211 e. The number of likely N-dealkylation sites (N-methyl/N-ethyl adjacent to an activating group) is 1. The van der Waals surface area contributed by atoms with Crippen molar-refractivity contribution in [2.24, 2.45) is 10.9 Å². The van der Waals surface area contributed by atoms with Gasteiger partial charge in [-0.2, -0.15) is 0 Å². The molecule has 1 saturated heterocycles. The van der Waals surface area contributed by atoms with E-state index in [4.69, 9.17) is 9.47 Å². The van der Waals surface area contributed by atoms with E-state index in [1.807, 2.05) is 36.2 Å². The number of nitrogens with one attached hydrogen (secondary N) is 1. The summed E-state index contributed by atoms with van der Waals surface area (Å²) in [7, 11) is 2.29. The summed E-state index contributed by atoms with van der Waals surface area (Å²) in [4.78, 5) is 6.35. The molecule has 1 aliphatic heterocycles. The molecule has 2 rings (SSSR count). The van der Waals surface area contributed by atoms with Crippen LogP contribution in [0.3, 0.4) is 0 Å². The normalized spacial score (nSPS) is 16.6. The molecule has 1 aromatic carbocycles. The number of rotatable bonds is 8. The number of sulfonamides is 1. The largest absolute Gasteiger partial charge is 0.497 e. The molecule has 1 heterocycles. The molecule has 0 radical (unpaired) electrons. The van der Waals surface area contributed by atoms with Crippen molar-refractivity contribution in [1.82, 2.24) is 14.5 Å². The van der Waals surface area contributed by atoms with Gasteiger partial charge in [-0.1, -0.05) is 0 Å². The van der Waals surface area contributed by atoms with E-state index in [2.05, 4.69) is 10.3 Å². The molecule has 8 nitrogen and oxygen atoms in total. The first kappa shape index (κ1) is 22.3. The van der Waals surface area contributed by atoms with Gasteiger partial charge < -0.3 is 19.7 Å². The minimum atomic E-state index is -3.08. The Morgan fingerprint density at radius 3 is 2.39 bits per heavy atom. The monoisotopic (exact) mass is 412 g/mol. The Kier molecular flexibility index (Phi) is 8.37. The fourth-order valence-electron chi connectivity index (χ4n) is 3.14.